The van der Waals surface area contributed by atoms with Crippen LogP contribution in [0.5, 0.6) is 0 Å². The summed E-state index contributed by atoms with van der Waals surface area (Å²) in [4.78, 5) is 31.9. The van der Waals surface area contributed by atoms with Crippen molar-refractivity contribution in [1.29, 1.82) is 0 Å². The van der Waals surface area contributed by atoms with E-state index in [0.717, 1.165) is 16.0 Å². The third-order valence-electron chi connectivity index (χ3n) is 4.09. The highest BCUT2D eigenvalue weighted by molar-refractivity contribution is 7.98. The quantitative estimate of drug-likeness (QED) is 0.468. The molecule has 132 valence electrons. The molecule has 3 N–H and O–H groups in total. The Balaban J connectivity index is 1.42. The Morgan fingerprint density at radius 1 is 1.35 bits per heavy atom. The predicted molar refractivity (Wildman–Crippen MR) is 97.5 cm³/mol. The highest BCUT2D eigenvalue weighted by Gasteiger charge is 2.27. The lowest BCUT2D eigenvalue weighted by molar-refractivity contribution is -0.122. The molecular formula is C17H16N6O2S. The zero-order valence-electron chi connectivity index (χ0n) is 13.7. The van der Waals surface area contributed by atoms with Crippen molar-refractivity contribution in [3.63, 3.8) is 0 Å². The third-order valence-corrected chi connectivity index (χ3v) is 5.17. The van der Waals surface area contributed by atoms with Crippen LogP contribution in [0.4, 0.5) is 5.69 Å². The number of benzene rings is 1. The number of nitrogens with one attached hydrogen (secondary N) is 3. The van der Waals surface area contributed by atoms with E-state index in [4.69, 9.17) is 0 Å². The van der Waals surface area contributed by atoms with Gasteiger partial charge in [0.25, 0.3) is 0 Å². The number of carbonyl (C=O) groups is 2. The molecule has 2 aromatic heterocycles. The number of fused-ring (bicyclic) bond motifs is 1. The molecule has 1 aromatic carbocycles. The number of aromatic amines is 1. The number of hydrogen-bond donors (Lipinski definition) is 3. The summed E-state index contributed by atoms with van der Waals surface area (Å²) in [6, 6.07) is 7.20. The summed E-state index contributed by atoms with van der Waals surface area (Å²) in [5.41, 5.74) is 2.48. The molecule has 0 unspecified atom stereocenters. The van der Waals surface area contributed by atoms with E-state index in [9.17, 15) is 9.59 Å². The molecule has 3 heterocycles. The SMILES string of the molecule is O=C1CC[C@H](C(=O)Nc2cccc(CSc3ncnc4[nH]ncc34)c2)N1. The summed E-state index contributed by atoms with van der Waals surface area (Å²) in [6.45, 7) is 0. The molecule has 4 rings (SSSR count). The first-order chi connectivity index (χ1) is 12.7. The van der Waals surface area contributed by atoms with Crippen LogP contribution in [0.15, 0.2) is 41.8 Å². The number of carbonyl (C=O) groups excluding carboxylic acids is 2. The van der Waals surface area contributed by atoms with Gasteiger partial charge in [-0.3, -0.25) is 14.7 Å². The van der Waals surface area contributed by atoms with Crippen LogP contribution in [-0.4, -0.2) is 38.0 Å². The van der Waals surface area contributed by atoms with Gasteiger partial charge in [0.15, 0.2) is 5.65 Å². The van der Waals surface area contributed by atoms with E-state index in [1.165, 1.54) is 6.33 Å². The molecule has 1 saturated heterocycles. The number of nitrogens with zero attached hydrogens (tertiary/aromatic N) is 3. The molecule has 0 bridgehead atoms. The Morgan fingerprint density at radius 3 is 3.12 bits per heavy atom. The average molecular weight is 368 g/mol. The van der Waals surface area contributed by atoms with Gasteiger partial charge in [0.2, 0.25) is 11.8 Å². The molecule has 0 saturated carbocycles. The number of anilines is 1. The van der Waals surface area contributed by atoms with E-state index >= 15 is 0 Å². The topological polar surface area (TPSA) is 113 Å². The van der Waals surface area contributed by atoms with Crippen LogP contribution in [0.2, 0.25) is 0 Å². The lowest BCUT2D eigenvalue weighted by Crippen LogP contribution is -2.37. The van der Waals surface area contributed by atoms with Gasteiger partial charge in [-0.25, -0.2) is 9.97 Å². The van der Waals surface area contributed by atoms with Crippen molar-refractivity contribution in [2.75, 3.05) is 5.32 Å². The van der Waals surface area contributed by atoms with E-state index in [2.05, 4.69) is 30.8 Å². The molecule has 1 fully saturated rings. The van der Waals surface area contributed by atoms with Crippen molar-refractivity contribution in [2.24, 2.45) is 0 Å². The summed E-state index contributed by atoms with van der Waals surface area (Å²) >= 11 is 1.58. The Morgan fingerprint density at radius 2 is 2.27 bits per heavy atom. The van der Waals surface area contributed by atoms with E-state index in [1.54, 1.807) is 18.0 Å². The first-order valence-electron chi connectivity index (χ1n) is 8.15. The normalized spacial score (nSPS) is 16.6. The Labute approximate surface area is 153 Å². The third kappa shape index (κ3) is 3.52. The fourth-order valence-electron chi connectivity index (χ4n) is 2.79. The highest BCUT2D eigenvalue weighted by atomic mass is 32.2. The molecule has 3 aromatic rings. The number of amides is 2. The predicted octanol–water partition coefficient (Wildman–Crippen LogP) is 1.86. The van der Waals surface area contributed by atoms with Crippen molar-refractivity contribution < 1.29 is 9.59 Å². The van der Waals surface area contributed by atoms with Crippen molar-refractivity contribution in [1.82, 2.24) is 25.5 Å². The summed E-state index contributed by atoms with van der Waals surface area (Å²) in [5.74, 6) is 0.434. The van der Waals surface area contributed by atoms with Gasteiger partial charge in [-0.1, -0.05) is 12.1 Å². The summed E-state index contributed by atoms with van der Waals surface area (Å²) in [7, 11) is 0. The molecule has 2 amide bonds. The molecule has 1 atom stereocenters. The monoisotopic (exact) mass is 368 g/mol. The summed E-state index contributed by atoms with van der Waals surface area (Å²) < 4.78 is 0. The van der Waals surface area contributed by atoms with Gasteiger partial charge in [-0.15, -0.1) is 11.8 Å². The number of H-pyrrole nitrogens is 1. The van der Waals surface area contributed by atoms with Crippen LogP contribution in [0.25, 0.3) is 11.0 Å². The van der Waals surface area contributed by atoms with Crippen LogP contribution in [0, 0.1) is 0 Å². The molecule has 1 aliphatic heterocycles. The van der Waals surface area contributed by atoms with Crippen LogP contribution < -0.4 is 10.6 Å². The Hall–Kier alpha value is -2.94. The van der Waals surface area contributed by atoms with Crippen LogP contribution in [-0.2, 0) is 15.3 Å². The van der Waals surface area contributed by atoms with E-state index in [0.29, 0.717) is 29.9 Å². The first kappa shape index (κ1) is 16.5. The second-order valence-corrected chi connectivity index (χ2v) is 6.91. The van der Waals surface area contributed by atoms with E-state index in [-0.39, 0.29) is 11.8 Å². The molecule has 1 aliphatic rings. The van der Waals surface area contributed by atoms with Crippen LogP contribution in [0.3, 0.4) is 0 Å². The van der Waals surface area contributed by atoms with E-state index < -0.39 is 6.04 Å². The zero-order valence-corrected chi connectivity index (χ0v) is 14.5. The second kappa shape index (κ2) is 7.12. The smallest absolute Gasteiger partial charge is 0.246 e. The lowest BCUT2D eigenvalue weighted by atomic mass is 10.2. The van der Waals surface area contributed by atoms with Gasteiger partial charge in [0.05, 0.1) is 11.6 Å². The minimum absolute atomic E-state index is 0.0780. The van der Waals surface area contributed by atoms with E-state index in [1.807, 2.05) is 24.3 Å². The Kier molecular flexibility index (Phi) is 4.53. The fourth-order valence-corrected chi connectivity index (χ4v) is 3.70. The molecule has 9 heteroatoms. The molecule has 0 aliphatic carbocycles. The highest BCUT2D eigenvalue weighted by Crippen LogP contribution is 2.27. The maximum Gasteiger partial charge on any atom is 0.246 e. The number of hydrogen-bond acceptors (Lipinski definition) is 6. The van der Waals surface area contributed by atoms with Crippen LogP contribution >= 0.6 is 11.8 Å². The van der Waals surface area contributed by atoms with Crippen LogP contribution in [0.1, 0.15) is 18.4 Å². The summed E-state index contributed by atoms with van der Waals surface area (Å²) in [5, 5.41) is 14.1. The Bertz CT molecular complexity index is 973. The number of thioether (sulfide) groups is 1. The fraction of sp³-hybridized carbons (Fsp3) is 0.235. The lowest BCUT2D eigenvalue weighted by Gasteiger charge is -2.12. The van der Waals surface area contributed by atoms with Gasteiger partial charge in [-0.05, 0) is 24.1 Å². The number of aromatic nitrogens is 4. The molecular weight excluding hydrogens is 352 g/mol. The minimum atomic E-state index is -0.448. The molecule has 8 nitrogen and oxygen atoms in total. The van der Waals surface area contributed by atoms with Crippen molar-refractivity contribution >= 4 is 40.3 Å². The first-order valence-corrected chi connectivity index (χ1v) is 9.13. The minimum Gasteiger partial charge on any atom is -0.344 e. The second-order valence-electron chi connectivity index (χ2n) is 5.95. The summed E-state index contributed by atoms with van der Waals surface area (Å²) in [6.07, 6.45) is 4.16. The maximum atomic E-state index is 12.2. The van der Waals surface area contributed by atoms with Gasteiger partial charge in [0, 0.05) is 17.9 Å². The van der Waals surface area contributed by atoms with Crippen molar-refractivity contribution in [3.05, 3.63) is 42.4 Å². The van der Waals surface area contributed by atoms with Gasteiger partial charge >= 0.3 is 0 Å². The average Bonchev–Trinajstić information content (AvgIpc) is 3.29. The molecule has 26 heavy (non-hydrogen) atoms. The van der Waals surface area contributed by atoms with Crippen molar-refractivity contribution in [2.45, 2.75) is 29.7 Å². The zero-order chi connectivity index (χ0) is 17.9. The maximum absolute atomic E-state index is 12.2. The number of rotatable bonds is 5. The largest absolute Gasteiger partial charge is 0.344 e. The van der Waals surface area contributed by atoms with Gasteiger partial charge in [0.1, 0.15) is 17.4 Å². The van der Waals surface area contributed by atoms with Crippen molar-refractivity contribution in [3.8, 4) is 0 Å². The molecule has 0 radical (unpaired) electrons. The van der Waals surface area contributed by atoms with Gasteiger partial charge < -0.3 is 10.6 Å². The standard InChI is InChI=1S/C17H16N6O2S/c24-14-5-4-13(22-14)16(25)21-11-3-1-2-10(6-11)8-26-17-12-7-20-23-15(12)18-9-19-17/h1-3,6-7,9,13H,4-5,8H2,(H,21,25)(H,22,24)(H,18,19,20,23)/t13-/m1/s1. The van der Waals surface area contributed by atoms with Gasteiger partial charge in [-0.2, -0.15) is 5.10 Å². The molecule has 0 spiro atoms.